The lowest BCUT2D eigenvalue weighted by Crippen LogP contribution is -2.40. The van der Waals surface area contributed by atoms with E-state index in [9.17, 15) is 9.59 Å². The molecule has 0 aliphatic heterocycles. The summed E-state index contributed by atoms with van der Waals surface area (Å²) in [5.41, 5.74) is 0.329. The summed E-state index contributed by atoms with van der Waals surface area (Å²) in [6.07, 6.45) is 0. The number of benzene rings is 1. The Kier molecular flexibility index (Phi) is 3.32. The van der Waals surface area contributed by atoms with Crippen LogP contribution in [0.25, 0.3) is 0 Å². The molecule has 1 amide bonds. The topological polar surface area (TPSA) is 66.4 Å². The van der Waals surface area contributed by atoms with Gasteiger partial charge >= 0.3 is 5.97 Å². The lowest BCUT2D eigenvalue weighted by Gasteiger charge is -2.20. The maximum absolute atomic E-state index is 11.7. The Morgan fingerprint density at radius 2 is 1.50 bits per heavy atom. The standard InChI is InChI=1S/C12H15NO3/c1-12(2,3)13-10(14)8-4-6-9(7-5-8)11(15)16/h4-7H,1-3H3,(H,13,14)(H,15,16). The van der Waals surface area contributed by atoms with Crippen molar-refractivity contribution in [2.24, 2.45) is 0 Å². The first-order valence-corrected chi connectivity index (χ1v) is 4.95. The number of hydrogen-bond donors (Lipinski definition) is 2. The number of carbonyl (C=O) groups is 2. The number of nitrogens with one attached hydrogen (secondary N) is 1. The summed E-state index contributed by atoms with van der Waals surface area (Å²) in [7, 11) is 0. The van der Waals surface area contributed by atoms with Gasteiger partial charge in [0.2, 0.25) is 0 Å². The first-order chi connectivity index (χ1) is 7.29. The fraction of sp³-hybridized carbons (Fsp3) is 0.333. The summed E-state index contributed by atoms with van der Waals surface area (Å²) in [4.78, 5) is 22.3. The van der Waals surface area contributed by atoms with Crippen LogP contribution in [0.2, 0.25) is 0 Å². The second-order valence-electron chi connectivity index (χ2n) is 4.59. The van der Waals surface area contributed by atoms with E-state index in [0.29, 0.717) is 5.56 Å². The molecule has 0 unspecified atom stereocenters. The van der Waals surface area contributed by atoms with Crippen LogP contribution in [0.1, 0.15) is 41.5 Å². The molecular weight excluding hydrogens is 206 g/mol. The Morgan fingerprint density at radius 1 is 1.06 bits per heavy atom. The highest BCUT2D eigenvalue weighted by molar-refractivity contribution is 5.96. The number of amides is 1. The van der Waals surface area contributed by atoms with Crippen LogP contribution in [0.3, 0.4) is 0 Å². The molecule has 0 heterocycles. The zero-order valence-electron chi connectivity index (χ0n) is 9.57. The molecule has 0 radical (unpaired) electrons. The van der Waals surface area contributed by atoms with Gasteiger partial charge in [-0.25, -0.2) is 4.79 Å². The van der Waals surface area contributed by atoms with Gasteiger partial charge in [0.15, 0.2) is 0 Å². The first-order valence-electron chi connectivity index (χ1n) is 4.95. The van der Waals surface area contributed by atoms with E-state index in [4.69, 9.17) is 5.11 Å². The highest BCUT2D eigenvalue weighted by Gasteiger charge is 2.15. The smallest absolute Gasteiger partial charge is 0.335 e. The van der Waals surface area contributed by atoms with Crippen molar-refractivity contribution in [2.45, 2.75) is 26.3 Å². The van der Waals surface area contributed by atoms with Crippen LogP contribution < -0.4 is 5.32 Å². The molecule has 1 rings (SSSR count). The summed E-state index contributed by atoms with van der Waals surface area (Å²) < 4.78 is 0. The molecule has 86 valence electrons. The molecule has 4 heteroatoms. The van der Waals surface area contributed by atoms with E-state index in [1.807, 2.05) is 20.8 Å². The van der Waals surface area contributed by atoms with Crippen molar-refractivity contribution in [3.05, 3.63) is 35.4 Å². The van der Waals surface area contributed by atoms with Gasteiger partial charge in [0.1, 0.15) is 0 Å². The highest BCUT2D eigenvalue weighted by atomic mass is 16.4. The Hall–Kier alpha value is -1.84. The maximum atomic E-state index is 11.7. The Balaban J connectivity index is 2.82. The molecule has 0 saturated heterocycles. The monoisotopic (exact) mass is 221 g/mol. The zero-order valence-corrected chi connectivity index (χ0v) is 9.57. The maximum Gasteiger partial charge on any atom is 0.335 e. The minimum absolute atomic E-state index is 0.173. The van der Waals surface area contributed by atoms with E-state index in [-0.39, 0.29) is 17.0 Å². The van der Waals surface area contributed by atoms with Gasteiger partial charge in [-0.3, -0.25) is 4.79 Å². The lowest BCUT2D eigenvalue weighted by molar-refractivity contribution is 0.0696. The number of rotatable bonds is 2. The zero-order chi connectivity index (χ0) is 12.3. The van der Waals surface area contributed by atoms with Crippen LogP contribution >= 0.6 is 0 Å². The third-order valence-corrected chi connectivity index (χ3v) is 1.88. The predicted molar refractivity (Wildman–Crippen MR) is 60.6 cm³/mol. The van der Waals surface area contributed by atoms with Gasteiger partial charge in [-0.1, -0.05) is 0 Å². The van der Waals surface area contributed by atoms with Gasteiger partial charge in [-0.05, 0) is 45.0 Å². The van der Waals surface area contributed by atoms with E-state index in [0.717, 1.165) is 0 Å². The molecular formula is C12H15NO3. The normalized spacial score (nSPS) is 10.9. The average molecular weight is 221 g/mol. The number of carboxylic acid groups (broad SMARTS) is 1. The van der Waals surface area contributed by atoms with Crippen LogP contribution in [0, 0.1) is 0 Å². The minimum Gasteiger partial charge on any atom is -0.478 e. The summed E-state index contributed by atoms with van der Waals surface area (Å²) in [6, 6.07) is 5.84. The van der Waals surface area contributed by atoms with E-state index < -0.39 is 5.97 Å². The van der Waals surface area contributed by atoms with Crippen molar-refractivity contribution in [3.8, 4) is 0 Å². The van der Waals surface area contributed by atoms with Gasteiger partial charge in [-0.15, -0.1) is 0 Å². The SMILES string of the molecule is CC(C)(C)NC(=O)c1ccc(C(=O)O)cc1. The van der Waals surface area contributed by atoms with E-state index in [2.05, 4.69) is 5.32 Å². The quantitative estimate of drug-likeness (QED) is 0.801. The number of aromatic carboxylic acids is 1. The van der Waals surface area contributed by atoms with Gasteiger partial charge in [-0.2, -0.15) is 0 Å². The summed E-state index contributed by atoms with van der Waals surface area (Å²) >= 11 is 0. The Bertz CT molecular complexity index is 401. The number of hydrogen-bond acceptors (Lipinski definition) is 2. The predicted octanol–water partition coefficient (Wildman–Crippen LogP) is 1.91. The molecule has 0 atom stereocenters. The van der Waals surface area contributed by atoms with Gasteiger partial charge in [0, 0.05) is 11.1 Å². The van der Waals surface area contributed by atoms with Crippen molar-refractivity contribution in [3.63, 3.8) is 0 Å². The second kappa shape index (κ2) is 4.35. The summed E-state index contributed by atoms with van der Waals surface area (Å²) in [6.45, 7) is 5.66. The highest BCUT2D eigenvalue weighted by Crippen LogP contribution is 2.07. The van der Waals surface area contributed by atoms with Gasteiger partial charge < -0.3 is 10.4 Å². The van der Waals surface area contributed by atoms with Crippen LogP contribution in [0.15, 0.2) is 24.3 Å². The molecule has 0 saturated carbocycles. The fourth-order valence-electron chi connectivity index (χ4n) is 1.18. The van der Waals surface area contributed by atoms with Crippen LogP contribution in [-0.4, -0.2) is 22.5 Å². The molecule has 1 aromatic rings. The molecule has 0 fully saturated rings. The van der Waals surface area contributed by atoms with Crippen molar-refractivity contribution >= 4 is 11.9 Å². The van der Waals surface area contributed by atoms with E-state index in [1.165, 1.54) is 24.3 Å². The third kappa shape index (κ3) is 3.38. The second-order valence-corrected chi connectivity index (χ2v) is 4.59. The van der Waals surface area contributed by atoms with Crippen molar-refractivity contribution < 1.29 is 14.7 Å². The number of carbonyl (C=O) groups excluding carboxylic acids is 1. The summed E-state index contributed by atoms with van der Waals surface area (Å²) in [5, 5.41) is 11.5. The molecule has 2 N–H and O–H groups in total. The molecule has 0 bridgehead atoms. The van der Waals surface area contributed by atoms with Crippen molar-refractivity contribution in [1.29, 1.82) is 0 Å². The molecule has 0 aliphatic rings. The van der Waals surface area contributed by atoms with Crippen LogP contribution in [-0.2, 0) is 0 Å². The van der Waals surface area contributed by atoms with Crippen molar-refractivity contribution in [1.82, 2.24) is 5.32 Å². The lowest BCUT2D eigenvalue weighted by atomic mass is 10.1. The van der Waals surface area contributed by atoms with Crippen LogP contribution in [0.4, 0.5) is 0 Å². The minimum atomic E-state index is -0.997. The fourth-order valence-corrected chi connectivity index (χ4v) is 1.18. The molecule has 0 spiro atoms. The first kappa shape index (κ1) is 12.2. The van der Waals surface area contributed by atoms with Gasteiger partial charge in [0.25, 0.3) is 5.91 Å². The van der Waals surface area contributed by atoms with E-state index in [1.54, 1.807) is 0 Å². The third-order valence-electron chi connectivity index (χ3n) is 1.88. The molecule has 0 aliphatic carbocycles. The van der Waals surface area contributed by atoms with Crippen molar-refractivity contribution in [2.75, 3.05) is 0 Å². The molecule has 4 nitrogen and oxygen atoms in total. The molecule has 16 heavy (non-hydrogen) atoms. The van der Waals surface area contributed by atoms with Crippen LogP contribution in [0.5, 0.6) is 0 Å². The molecule has 1 aromatic carbocycles. The summed E-state index contributed by atoms with van der Waals surface area (Å²) in [5.74, 6) is -1.20. The Morgan fingerprint density at radius 3 is 1.88 bits per heavy atom. The largest absolute Gasteiger partial charge is 0.478 e. The average Bonchev–Trinajstić information content (AvgIpc) is 2.15. The van der Waals surface area contributed by atoms with Gasteiger partial charge in [0.05, 0.1) is 5.56 Å². The number of carboxylic acids is 1. The van der Waals surface area contributed by atoms with E-state index >= 15 is 0 Å². The molecule has 0 aromatic heterocycles. The Labute approximate surface area is 94.3 Å².